The molecule has 1 aliphatic heterocycles. The smallest absolute Gasteiger partial charge is 0.349 e. The first kappa shape index (κ1) is 15.7. The first-order valence-electron chi connectivity index (χ1n) is 7.01. The van der Waals surface area contributed by atoms with Gasteiger partial charge in [-0.25, -0.2) is 9.18 Å². The maximum atomic E-state index is 13.5. The largest absolute Gasteiger partial charge is 0.475 e. The first-order valence-corrected chi connectivity index (χ1v) is 7.01. The molecule has 1 aliphatic rings. The van der Waals surface area contributed by atoms with E-state index in [1.807, 2.05) is 0 Å². The van der Waals surface area contributed by atoms with Crippen molar-refractivity contribution in [3.05, 3.63) is 23.8 Å². The Morgan fingerprint density at radius 3 is 2.67 bits per heavy atom. The summed E-state index contributed by atoms with van der Waals surface area (Å²) in [5.74, 6) is -0.694. The lowest BCUT2D eigenvalue weighted by molar-refractivity contribution is -0.165. The lowest BCUT2D eigenvalue weighted by atomic mass is 10.0. The number of esters is 1. The van der Waals surface area contributed by atoms with Crippen LogP contribution >= 0.6 is 0 Å². The summed E-state index contributed by atoms with van der Waals surface area (Å²) < 4.78 is 24.5. The van der Waals surface area contributed by atoms with Crippen LogP contribution in [0.5, 0.6) is 5.75 Å². The zero-order valence-corrected chi connectivity index (χ0v) is 12.8. The van der Waals surface area contributed by atoms with Gasteiger partial charge in [-0.2, -0.15) is 0 Å². The molecule has 5 nitrogen and oxygen atoms in total. The summed E-state index contributed by atoms with van der Waals surface area (Å²) in [6.45, 7) is 7.78. The van der Waals surface area contributed by atoms with Crippen molar-refractivity contribution < 1.29 is 18.7 Å². The van der Waals surface area contributed by atoms with Crippen LogP contribution in [0, 0.1) is 12.7 Å². The lowest BCUT2D eigenvalue weighted by Crippen LogP contribution is -2.57. The standard InChI is InChI=1S/C15H21FN2O3/c1-9-11(16)7-10(8-18-9)20-13(12-5-6-17-12)14(19)21-15(2,3)4/h7-8,12-13,17H,5-6H2,1-4H3/t12-,13?/m0/s1. The van der Waals surface area contributed by atoms with E-state index in [-0.39, 0.29) is 17.5 Å². The second-order valence-electron chi connectivity index (χ2n) is 6.16. The zero-order valence-electron chi connectivity index (χ0n) is 12.8. The van der Waals surface area contributed by atoms with Gasteiger partial charge in [-0.15, -0.1) is 0 Å². The number of hydrogen-bond donors (Lipinski definition) is 1. The Hall–Kier alpha value is -1.69. The van der Waals surface area contributed by atoms with Gasteiger partial charge in [-0.1, -0.05) is 0 Å². The number of carbonyl (C=O) groups excluding carboxylic acids is 1. The summed E-state index contributed by atoms with van der Waals surface area (Å²) in [5, 5.41) is 3.12. The summed E-state index contributed by atoms with van der Waals surface area (Å²) in [6.07, 6.45) is 1.42. The Kier molecular flexibility index (Phi) is 4.46. The molecule has 0 amide bonds. The molecular weight excluding hydrogens is 275 g/mol. The van der Waals surface area contributed by atoms with Crippen molar-refractivity contribution in [2.75, 3.05) is 6.54 Å². The minimum Gasteiger partial charge on any atom is -0.475 e. The summed E-state index contributed by atoms with van der Waals surface area (Å²) in [5.41, 5.74) is -0.308. The SMILES string of the molecule is Cc1ncc(OC(C(=O)OC(C)(C)C)[C@@H]2CCN2)cc1F. The summed E-state index contributed by atoms with van der Waals surface area (Å²) in [4.78, 5) is 16.1. The molecule has 1 unspecified atom stereocenters. The fourth-order valence-electron chi connectivity index (χ4n) is 1.92. The van der Waals surface area contributed by atoms with E-state index in [0.29, 0.717) is 0 Å². The minimum absolute atomic E-state index is 0.121. The van der Waals surface area contributed by atoms with Crippen molar-refractivity contribution >= 4 is 5.97 Å². The Morgan fingerprint density at radius 2 is 2.19 bits per heavy atom. The highest BCUT2D eigenvalue weighted by atomic mass is 19.1. The van der Waals surface area contributed by atoms with E-state index in [0.717, 1.165) is 13.0 Å². The molecule has 6 heteroatoms. The van der Waals surface area contributed by atoms with Gasteiger partial charge in [0.15, 0.2) is 0 Å². The van der Waals surface area contributed by atoms with Crippen LogP contribution in [0.3, 0.4) is 0 Å². The molecule has 0 aromatic carbocycles. The molecule has 116 valence electrons. The summed E-state index contributed by atoms with van der Waals surface area (Å²) in [6, 6.07) is 1.11. The van der Waals surface area contributed by atoms with Crippen molar-refractivity contribution in [2.45, 2.75) is 51.9 Å². The van der Waals surface area contributed by atoms with Crippen molar-refractivity contribution in [3.8, 4) is 5.75 Å². The molecule has 0 bridgehead atoms. The predicted octanol–water partition coefficient (Wildman–Crippen LogP) is 1.98. The fourth-order valence-corrected chi connectivity index (χ4v) is 1.92. The van der Waals surface area contributed by atoms with Gasteiger partial charge >= 0.3 is 5.97 Å². The van der Waals surface area contributed by atoms with Gasteiger partial charge in [-0.05, 0) is 40.7 Å². The van der Waals surface area contributed by atoms with Gasteiger partial charge in [0.25, 0.3) is 0 Å². The second kappa shape index (κ2) is 5.97. The van der Waals surface area contributed by atoms with E-state index >= 15 is 0 Å². The number of nitrogens with zero attached hydrogens (tertiary/aromatic N) is 1. The number of pyridine rings is 1. The Balaban J connectivity index is 2.12. The van der Waals surface area contributed by atoms with E-state index in [9.17, 15) is 9.18 Å². The van der Waals surface area contributed by atoms with Crippen LogP contribution in [0.1, 0.15) is 32.9 Å². The van der Waals surface area contributed by atoms with Crippen LogP contribution in [0.25, 0.3) is 0 Å². The van der Waals surface area contributed by atoms with Crippen LogP contribution in [0.2, 0.25) is 0 Å². The summed E-state index contributed by atoms with van der Waals surface area (Å²) in [7, 11) is 0. The second-order valence-corrected chi connectivity index (χ2v) is 6.16. The predicted molar refractivity (Wildman–Crippen MR) is 75.6 cm³/mol. The van der Waals surface area contributed by atoms with Crippen LogP contribution in [-0.4, -0.2) is 35.2 Å². The number of hydrogen-bond acceptors (Lipinski definition) is 5. The third-order valence-electron chi connectivity index (χ3n) is 3.13. The van der Waals surface area contributed by atoms with Gasteiger partial charge < -0.3 is 14.8 Å². The molecule has 2 heterocycles. The van der Waals surface area contributed by atoms with Crippen molar-refractivity contribution in [1.29, 1.82) is 0 Å². The molecule has 0 spiro atoms. The summed E-state index contributed by atoms with van der Waals surface area (Å²) >= 11 is 0. The van der Waals surface area contributed by atoms with E-state index in [2.05, 4.69) is 10.3 Å². The number of aryl methyl sites for hydroxylation is 1. The molecule has 1 aromatic heterocycles. The fraction of sp³-hybridized carbons (Fsp3) is 0.600. The average Bonchev–Trinajstić information content (AvgIpc) is 2.28. The minimum atomic E-state index is -0.804. The maximum absolute atomic E-state index is 13.5. The highest BCUT2D eigenvalue weighted by Crippen LogP contribution is 2.21. The molecule has 21 heavy (non-hydrogen) atoms. The zero-order chi connectivity index (χ0) is 15.6. The van der Waals surface area contributed by atoms with E-state index in [1.54, 1.807) is 27.7 Å². The normalized spacial score (nSPS) is 19.6. The molecular formula is C15H21FN2O3. The molecule has 0 radical (unpaired) electrons. The molecule has 2 atom stereocenters. The molecule has 1 aromatic rings. The van der Waals surface area contributed by atoms with Gasteiger partial charge in [0.2, 0.25) is 6.10 Å². The van der Waals surface area contributed by atoms with Crippen LogP contribution in [0.15, 0.2) is 12.3 Å². The number of nitrogens with one attached hydrogen (secondary N) is 1. The Bertz CT molecular complexity index is 524. The highest BCUT2D eigenvalue weighted by Gasteiger charge is 2.37. The van der Waals surface area contributed by atoms with Crippen molar-refractivity contribution in [1.82, 2.24) is 10.3 Å². The third-order valence-corrected chi connectivity index (χ3v) is 3.13. The molecule has 0 saturated carbocycles. The average molecular weight is 296 g/mol. The monoisotopic (exact) mass is 296 g/mol. The van der Waals surface area contributed by atoms with E-state index in [4.69, 9.17) is 9.47 Å². The highest BCUT2D eigenvalue weighted by molar-refractivity contribution is 5.76. The lowest BCUT2D eigenvalue weighted by Gasteiger charge is -2.35. The molecule has 1 fully saturated rings. The molecule has 1 saturated heterocycles. The number of halogens is 1. The number of ether oxygens (including phenoxy) is 2. The van der Waals surface area contributed by atoms with Crippen LogP contribution in [0.4, 0.5) is 4.39 Å². The first-order chi connectivity index (χ1) is 9.76. The van der Waals surface area contributed by atoms with Gasteiger partial charge in [0.05, 0.1) is 17.9 Å². The van der Waals surface area contributed by atoms with E-state index < -0.39 is 23.5 Å². The molecule has 1 N–H and O–H groups in total. The number of aromatic nitrogens is 1. The Labute approximate surface area is 123 Å². The van der Waals surface area contributed by atoms with Crippen LogP contribution < -0.4 is 10.1 Å². The van der Waals surface area contributed by atoms with Gasteiger partial charge in [-0.3, -0.25) is 4.98 Å². The van der Waals surface area contributed by atoms with Gasteiger partial charge in [0, 0.05) is 6.07 Å². The van der Waals surface area contributed by atoms with Crippen molar-refractivity contribution in [3.63, 3.8) is 0 Å². The topological polar surface area (TPSA) is 60.5 Å². The van der Waals surface area contributed by atoms with Gasteiger partial charge in [0.1, 0.15) is 17.2 Å². The van der Waals surface area contributed by atoms with E-state index in [1.165, 1.54) is 12.3 Å². The third kappa shape index (κ3) is 4.14. The molecule has 2 rings (SSSR count). The Morgan fingerprint density at radius 1 is 1.52 bits per heavy atom. The van der Waals surface area contributed by atoms with Crippen molar-refractivity contribution in [2.24, 2.45) is 0 Å². The quantitative estimate of drug-likeness (QED) is 0.861. The maximum Gasteiger partial charge on any atom is 0.349 e. The number of carbonyl (C=O) groups is 1. The number of rotatable bonds is 4. The molecule has 0 aliphatic carbocycles. The van der Waals surface area contributed by atoms with Crippen LogP contribution in [-0.2, 0) is 9.53 Å².